The van der Waals surface area contributed by atoms with Gasteiger partial charge in [0.2, 0.25) is 0 Å². The summed E-state index contributed by atoms with van der Waals surface area (Å²) < 4.78 is 36.6. The van der Waals surface area contributed by atoms with E-state index in [0.717, 1.165) is 44.3 Å². The average molecular weight is 1060 g/mol. The molecule has 0 bridgehead atoms. The molecule has 0 saturated heterocycles. The molecule has 0 radical (unpaired) electrons. The minimum Gasteiger partial charge on any atom is -0.0654 e. The predicted molar refractivity (Wildman–Crippen MR) is 278 cm³/mol. The molecule has 342 valence electrons. The quantitative estimate of drug-likeness (QED) is 0.0379. The fourth-order valence-corrected chi connectivity index (χ4v) is 23.2. The van der Waals surface area contributed by atoms with Gasteiger partial charge in [-0.25, -0.2) is 0 Å². The van der Waals surface area contributed by atoms with Crippen LogP contribution in [0.25, 0.3) is 0 Å². The Kier molecular flexibility index (Phi) is 37.6. The smallest absolute Gasteiger partial charge is 0.0654 e. The van der Waals surface area contributed by atoms with Crippen molar-refractivity contribution in [2.75, 3.05) is 13.2 Å². The van der Waals surface area contributed by atoms with Crippen molar-refractivity contribution >= 4 is 36.8 Å². The third-order valence-corrected chi connectivity index (χ3v) is 28.5. The number of hydrogen-bond acceptors (Lipinski definition) is 2. The number of benzene rings is 1. The van der Waals surface area contributed by atoms with Gasteiger partial charge in [-0.3, -0.25) is 0 Å². The van der Waals surface area contributed by atoms with E-state index in [0.29, 0.717) is 13.2 Å². The molecule has 1 rings (SSSR count). The molecule has 0 spiro atoms. The molecule has 0 unspecified atom stereocenters. The van der Waals surface area contributed by atoms with Gasteiger partial charge in [-0.05, 0) is 0 Å². The molecule has 0 saturated carbocycles. The molecule has 0 amide bonds. The molecule has 1 aromatic carbocycles. The summed E-state index contributed by atoms with van der Waals surface area (Å²) in [6.07, 6.45) is 37.5. The summed E-state index contributed by atoms with van der Waals surface area (Å²) >= 11 is -7.14. The third-order valence-electron chi connectivity index (χ3n) is 11.7. The number of rotatable bonds is 36. The molecular weight excluding hydrogens is 966 g/mol. The van der Waals surface area contributed by atoms with Crippen LogP contribution < -0.4 is 9.47 Å². The van der Waals surface area contributed by atoms with Crippen LogP contribution in [0.15, 0.2) is 12.1 Å². The third kappa shape index (κ3) is 27.9. The summed E-state index contributed by atoms with van der Waals surface area (Å²) in [5.41, 5.74) is 2.26. The molecule has 0 aliphatic rings. The van der Waals surface area contributed by atoms with E-state index in [-0.39, 0.29) is 0 Å². The molecule has 0 atom stereocenters. The summed E-state index contributed by atoms with van der Waals surface area (Å²) in [7, 11) is 0. The Morgan fingerprint density at radius 2 is 0.532 bits per heavy atom. The van der Waals surface area contributed by atoms with Gasteiger partial charge in [-0.1, -0.05) is 104 Å². The van der Waals surface area contributed by atoms with Gasteiger partial charge < -0.3 is 0 Å². The van der Waals surface area contributed by atoms with Gasteiger partial charge in [0, 0.05) is 0 Å². The minimum absolute atomic E-state index is 0.692. The van der Waals surface area contributed by atoms with Crippen LogP contribution in [0.5, 0.6) is 11.5 Å². The van der Waals surface area contributed by atoms with Gasteiger partial charge >= 0.3 is 294 Å². The molecule has 1 aromatic rings. The van der Waals surface area contributed by atoms with E-state index in [2.05, 4.69) is 85.1 Å². The Labute approximate surface area is 394 Å². The Morgan fingerprint density at radius 3 is 0.742 bits per heavy atom. The van der Waals surface area contributed by atoms with Crippen LogP contribution in [-0.2, 0) is 8.87 Å². The second kappa shape index (κ2) is 40.3. The maximum atomic E-state index is 6.79. The summed E-state index contributed by atoms with van der Waals surface area (Å²) in [5, 5.41) is 0. The standard InChI is InChI=1S/C40H72O2.6C3H3.2Sn/c1-5-7-9-11-13-15-17-19-21-23-25-27-29-31-33-41-39-35-38(4)40(36-37(39)3)42-34-32-30-28-26-24-22-20-18-16-14-12-10-8-6-2;6*1-3-2;;/h35-36H,3-34H2,1-2H3;6*1H3;;. The summed E-state index contributed by atoms with van der Waals surface area (Å²) in [4.78, 5) is 0. The summed E-state index contributed by atoms with van der Waals surface area (Å²) in [6.45, 7) is 17.5. The second-order valence-electron chi connectivity index (χ2n) is 17.4. The first-order valence-corrected chi connectivity index (χ1v) is 38.1. The van der Waals surface area contributed by atoms with Crippen molar-refractivity contribution in [3.05, 3.63) is 23.3 Å². The van der Waals surface area contributed by atoms with Crippen molar-refractivity contribution in [2.45, 2.75) is 244 Å². The second-order valence-corrected chi connectivity index (χ2v) is 34.0. The van der Waals surface area contributed by atoms with Gasteiger partial charge in [0.05, 0.1) is 0 Å². The first-order valence-electron chi connectivity index (χ1n) is 25.5. The van der Waals surface area contributed by atoms with Crippen LogP contribution in [0, 0.1) is 59.1 Å². The molecular formula is C58H90O2Sn2. The zero-order valence-corrected chi connectivity index (χ0v) is 47.3. The van der Waals surface area contributed by atoms with Crippen molar-refractivity contribution in [3.63, 3.8) is 0 Å². The first kappa shape index (κ1) is 57.8. The molecule has 2 nitrogen and oxygen atoms in total. The molecule has 0 aliphatic heterocycles. The number of hydrogen-bond donors (Lipinski definition) is 0. The zero-order valence-electron chi connectivity index (χ0n) is 41.6. The van der Waals surface area contributed by atoms with Crippen LogP contribution in [0.2, 0.25) is 0 Å². The van der Waals surface area contributed by atoms with Gasteiger partial charge in [0.15, 0.2) is 0 Å². The topological polar surface area (TPSA) is 18.5 Å². The van der Waals surface area contributed by atoms with Crippen LogP contribution in [0.3, 0.4) is 0 Å². The van der Waals surface area contributed by atoms with Crippen molar-refractivity contribution in [1.29, 1.82) is 0 Å². The van der Waals surface area contributed by atoms with Crippen molar-refractivity contribution in [3.8, 4) is 70.6 Å². The van der Waals surface area contributed by atoms with E-state index < -0.39 is 36.8 Å². The van der Waals surface area contributed by atoms with Gasteiger partial charge in [-0.2, -0.15) is 0 Å². The van der Waals surface area contributed by atoms with E-state index in [1.807, 2.05) is 41.5 Å². The van der Waals surface area contributed by atoms with Gasteiger partial charge in [0.1, 0.15) is 0 Å². The van der Waals surface area contributed by atoms with E-state index >= 15 is 0 Å². The normalized spacial score (nSPS) is 10.6. The fraction of sp³-hybridized carbons (Fsp3) is 0.690. The Bertz CT molecular complexity index is 1480. The molecule has 0 N–H and O–H groups in total. The van der Waals surface area contributed by atoms with Gasteiger partial charge in [0.25, 0.3) is 0 Å². The van der Waals surface area contributed by atoms with Crippen molar-refractivity contribution in [2.24, 2.45) is 0 Å². The predicted octanol–water partition coefficient (Wildman–Crippen LogP) is 15.8. The molecule has 4 heteroatoms. The van der Waals surface area contributed by atoms with E-state index in [9.17, 15) is 0 Å². The summed E-state index contributed by atoms with van der Waals surface area (Å²) in [5.74, 6) is 21.2. The molecule has 0 aliphatic carbocycles. The Hall–Kier alpha value is -2.22. The van der Waals surface area contributed by atoms with Crippen LogP contribution in [0.4, 0.5) is 0 Å². The first-order chi connectivity index (χ1) is 30.4. The Balaban J connectivity index is 3.14. The average Bonchev–Trinajstić information content (AvgIpc) is 3.25. The van der Waals surface area contributed by atoms with Crippen molar-refractivity contribution in [1.82, 2.24) is 0 Å². The summed E-state index contributed by atoms with van der Waals surface area (Å²) in [6, 6.07) is 4.51. The SMILES string of the molecule is CC#[C][Sn]([C]#CC)([C]#CC)[CH2]c1cc(OCCCCCCCCCCCCCCCC)c([CH2][Sn]([C]#CC)([C]#CC)[C]#CC)cc1OCCCCCCCCCCCCCCCC. The monoisotopic (exact) mass is 1060 g/mol. The molecule has 0 aromatic heterocycles. The molecule has 62 heavy (non-hydrogen) atoms. The van der Waals surface area contributed by atoms with Crippen molar-refractivity contribution < 1.29 is 9.47 Å². The van der Waals surface area contributed by atoms with E-state index in [1.54, 1.807) is 0 Å². The maximum absolute atomic E-state index is 6.79. The fourth-order valence-electron chi connectivity index (χ4n) is 8.45. The van der Waals surface area contributed by atoms with Crippen LogP contribution in [-0.4, -0.2) is 50.0 Å². The number of unbranched alkanes of at least 4 members (excludes halogenated alkanes) is 26. The minimum atomic E-state index is -3.57. The van der Waals surface area contributed by atoms with E-state index in [1.165, 1.54) is 167 Å². The Morgan fingerprint density at radius 1 is 0.323 bits per heavy atom. The molecule has 0 heterocycles. The zero-order chi connectivity index (χ0) is 45.3. The van der Waals surface area contributed by atoms with Crippen LogP contribution in [0.1, 0.15) is 246 Å². The van der Waals surface area contributed by atoms with Crippen LogP contribution >= 0.6 is 0 Å². The molecule has 0 fully saturated rings. The number of ether oxygens (including phenoxy) is 2. The van der Waals surface area contributed by atoms with Gasteiger partial charge in [-0.15, -0.1) is 0 Å². The van der Waals surface area contributed by atoms with E-state index in [4.69, 9.17) is 9.47 Å².